The molecule has 0 spiro atoms. The quantitative estimate of drug-likeness (QED) is 0.0606. The molecule has 0 aromatic heterocycles. The van der Waals surface area contributed by atoms with Crippen LogP contribution >= 0.6 is 0 Å². The van der Waals surface area contributed by atoms with Gasteiger partial charge in [-0.15, -0.1) is 0 Å². The summed E-state index contributed by atoms with van der Waals surface area (Å²) in [7, 11) is 0. The number of ether oxygens (including phenoxy) is 2. The Morgan fingerprint density at radius 1 is 0.774 bits per heavy atom. The minimum absolute atomic E-state index is 0.0152. The molecule has 1 N–H and O–H groups in total. The highest BCUT2D eigenvalue weighted by atomic mass is 16.6. The molecule has 4 rings (SSSR count). The van der Waals surface area contributed by atoms with E-state index < -0.39 is 12.1 Å². The highest BCUT2D eigenvalue weighted by molar-refractivity contribution is 5.74. The first kappa shape index (κ1) is 44.4. The Labute approximate surface area is 327 Å². The molecule has 2 unspecified atom stereocenters. The normalized spacial score (nSPS) is 31.2. The topological polar surface area (TPSA) is 72.8 Å². The zero-order valence-electron chi connectivity index (χ0n) is 35.7. The SMILES string of the molecule is CCCCCCC(CCCCCCCCCCC(=O)O[C@H]1CC[C@@]2(C)C(=CC[C@H]3[C@@H]4CC[C@H]([C@H](C)CCCC(C)C)[C@@]4(C)CC[C@@H]32)C1)OC(=O)C(C)O. The maximum atomic E-state index is 12.9. The number of unbranched alkanes of at least 4 members (excludes halogenated alkanes) is 10. The van der Waals surface area contributed by atoms with Crippen molar-refractivity contribution < 1.29 is 24.2 Å². The van der Waals surface area contributed by atoms with Gasteiger partial charge < -0.3 is 14.6 Å². The summed E-state index contributed by atoms with van der Waals surface area (Å²) < 4.78 is 11.7. The van der Waals surface area contributed by atoms with Crippen LogP contribution in [0.15, 0.2) is 11.6 Å². The lowest BCUT2D eigenvalue weighted by Gasteiger charge is -2.58. The molecular formula is C48H84O5. The van der Waals surface area contributed by atoms with Crippen molar-refractivity contribution in [1.82, 2.24) is 0 Å². The minimum Gasteiger partial charge on any atom is -0.462 e. The number of fused-ring (bicyclic) bond motifs is 5. The van der Waals surface area contributed by atoms with E-state index in [0.717, 1.165) is 93.3 Å². The van der Waals surface area contributed by atoms with Gasteiger partial charge in [0.15, 0.2) is 0 Å². The highest BCUT2D eigenvalue weighted by Gasteiger charge is 2.59. The van der Waals surface area contributed by atoms with Gasteiger partial charge in [0, 0.05) is 12.8 Å². The number of hydrogen-bond donors (Lipinski definition) is 1. The van der Waals surface area contributed by atoms with Gasteiger partial charge in [-0.1, -0.05) is 130 Å². The first-order chi connectivity index (χ1) is 25.4. The van der Waals surface area contributed by atoms with E-state index in [-0.39, 0.29) is 18.2 Å². The van der Waals surface area contributed by atoms with Crippen molar-refractivity contribution in [3.05, 3.63) is 11.6 Å². The molecule has 10 atom stereocenters. The first-order valence-corrected chi connectivity index (χ1v) is 23.2. The average molecular weight is 741 g/mol. The minimum atomic E-state index is -1.05. The summed E-state index contributed by atoms with van der Waals surface area (Å²) in [6.07, 6.45) is 32.0. The molecule has 5 heteroatoms. The molecule has 5 nitrogen and oxygen atoms in total. The van der Waals surface area contributed by atoms with Gasteiger partial charge in [-0.2, -0.15) is 0 Å². The van der Waals surface area contributed by atoms with Gasteiger partial charge in [0.05, 0.1) is 0 Å². The van der Waals surface area contributed by atoms with Crippen molar-refractivity contribution in [1.29, 1.82) is 0 Å². The molecule has 0 heterocycles. The number of carbonyl (C=O) groups excluding carboxylic acids is 2. The maximum Gasteiger partial charge on any atom is 0.334 e. The van der Waals surface area contributed by atoms with Gasteiger partial charge in [0.2, 0.25) is 0 Å². The summed E-state index contributed by atoms with van der Waals surface area (Å²) in [6.45, 7) is 16.3. The number of carbonyl (C=O) groups is 2. The fourth-order valence-electron chi connectivity index (χ4n) is 12.0. The van der Waals surface area contributed by atoms with Crippen LogP contribution in [0.5, 0.6) is 0 Å². The molecule has 0 aliphatic heterocycles. The van der Waals surface area contributed by atoms with Crippen molar-refractivity contribution in [2.24, 2.45) is 46.3 Å². The lowest BCUT2D eigenvalue weighted by Crippen LogP contribution is -2.51. The number of aliphatic hydroxyl groups excluding tert-OH is 1. The van der Waals surface area contributed by atoms with E-state index in [0.29, 0.717) is 17.3 Å². The van der Waals surface area contributed by atoms with Crippen molar-refractivity contribution in [2.75, 3.05) is 0 Å². The van der Waals surface area contributed by atoms with Crippen LogP contribution in [0.2, 0.25) is 0 Å². The number of rotatable bonds is 24. The molecule has 0 amide bonds. The molecule has 4 aliphatic carbocycles. The van der Waals surface area contributed by atoms with Gasteiger partial charge in [0.25, 0.3) is 0 Å². The predicted molar refractivity (Wildman–Crippen MR) is 219 cm³/mol. The van der Waals surface area contributed by atoms with Crippen LogP contribution in [0.4, 0.5) is 0 Å². The predicted octanol–water partition coefficient (Wildman–Crippen LogP) is 13.1. The highest BCUT2D eigenvalue weighted by Crippen LogP contribution is 2.67. The summed E-state index contributed by atoms with van der Waals surface area (Å²) in [6, 6.07) is 0. The molecule has 3 fully saturated rings. The second-order valence-corrected chi connectivity index (χ2v) is 19.6. The number of allylic oxidation sites excluding steroid dienone is 1. The van der Waals surface area contributed by atoms with Crippen molar-refractivity contribution in [2.45, 2.75) is 234 Å². The van der Waals surface area contributed by atoms with E-state index in [2.05, 4.69) is 47.6 Å². The lowest BCUT2D eigenvalue weighted by molar-refractivity contribution is -0.159. The summed E-state index contributed by atoms with van der Waals surface area (Å²) in [4.78, 5) is 24.8. The summed E-state index contributed by atoms with van der Waals surface area (Å²) in [5, 5.41) is 9.56. The summed E-state index contributed by atoms with van der Waals surface area (Å²) >= 11 is 0. The Morgan fingerprint density at radius 2 is 1.43 bits per heavy atom. The fraction of sp³-hybridized carbons (Fsp3) is 0.917. The third kappa shape index (κ3) is 12.6. The van der Waals surface area contributed by atoms with Crippen molar-refractivity contribution in [3.63, 3.8) is 0 Å². The van der Waals surface area contributed by atoms with Crippen LogP contribution in [-0.2, 0) is 19.1 Å². The van der Waals surface area contributed by atoms with E-state index in [9.17, 15) is 14.7 Å². The Kier molecular flexibility index (Phi) is 18.3. The maximum absolute atomic E-state index is 12.9. The summed E-state index contributed by atoms with van der Waals surface area (Å²) in [5.41, 5.74) is 2.45. The largest absolute Gasteiger partial charge is 0.462 e. The second-order valence-electron chi connectivity index (χ2n) is 19.6. The molecule has 0 aromatic rings. The third-order valence-electron chi connectivity index (χ3n) is 15.2. The van der Waals surface area contributed by atoms with Crippen molar-refractivity contribution in [3.8, 4) is 0 Å². The third-order valence-corrected chi connectivity index (χ3v) is 15.2. The van der Waals surface area contributed by atoms with Crippen LogP contribution in [-0.4, -0.2) is 35.4 Å². The lowest BCUT2D eigenvalue weighted by atomic mass is 9.47. The number of aliphatic hydroxyl groups is 1. The van der Waals surface area contributed by atoms with E-state index >= 15 is 0 Å². The molecule has 0 radical (unpaired) electrons. The number of hydrogen-bond acceptors (Lipinski definition) is 5. The molecule has 3 saturated carbocycles. The Morgan fingerprint density at radius 3 is 2.09 bits per heavy atom. The van der Waals surface area contributed by atoms with E-state index in [4.69, 9.17) is 9.47 Å². The average Bonchev–Trinajstić information content (AvgIpc) is 3.48. The van der Waals surface area contributed by atoms with Gasteiger partial charge >= 0.3 is 11.9 Å². The monoisotopic (exact) mass is 741 g/mol. The molecule has 4 aliphatic rings. The summed E-state index contributed by atoms with van der Waals surface area (Å²) in [5.74, 6) is 4.67. The molecular weight excluding hydrogens is 657 g/mol. The van der Waals surface area contributed by atoms with E-state index in [1.165, 1.54) is 110 Å². The zero-order valence-corrected chi connectivity index (χ0v) is 35.7. The van der Waals surface area contributed by atoms with Crippen LogP contribution in [0, 0.1) is 46.3 Å². The van der Waals surface area contributed by atoms with Crippen LogP contribution in [0.1, 0.15) is 215 Å². The van der Waals surface area contributed by atoms with Crippen LogP contribution < -0.4 is 0 Å². The Hall–Kier alpha value is -1.36. The smallest absolute Gasteiger partial charge is 0.334 e. The molecule has 0 saturated heterocycles. The fourth-order valence-corrected chi connectivity index (χ4v) is 12.0. The second kappa shape index (κ2) is 21.8. The molecule has 53 heavy (non-hydrogen) atoms. The van der Waals surface area contributed by atoms with Gasteiger partial charge in [-0.25, -0.2) is 4.79 Å². The van der Waals surface area contributed by atoms with Gasteiger partial charge in [-0.3, -0.25) is 4.79 Å². The van der Waals surface area contributed by atoms with Gasteiger partial charge in [0.1, 0.15) is 18.3 Å². The van der Waals surface area contributed by atoms with Crippen LogP contribution in [0.25, 0.3) is 0 Å². The van der Waals surface area contributed by atoms with Crippen molar-refractivity contribution >= 4 is 11.9 Å². The van der Waals surface area contributed by atoms with Gasteiger partial charge in [-0.05, 0) is 130 Å². The van der Waals surface area contributed by atoms with Crippen LogP contribution in [0.3, 0.4) is 0 Å². The molecule has 306 valence electrons. The standard InChI is InChI=1S/C48H84O5/c1-8-9-10-17-23-39(53-46(51)37(5)49)24-18-15-13-11-12-14-16-19-25-45(50)52-40-30-32-47(6)38(34-40)26-27-41-43-29-28-42(36(4)22-20-21-35(2)3)48(43,7)33-31-44(41)47/h26,35-37,39-44,49H,8-25,27-34H2,1-7H3/t36-,37?,39?,40+,41+,42-,43+,44+,47+,48-/m1/s1. The van der Waals surface area contributed by atoms with E-state index in [1.807, 2.05) is 0 Å². The molecule has 0 bridgehead atoms. The molecule has 0 aromatic carbocycles. The zero-order chi connectivity index (χ0) is 38.4. The Balaban J connectivity index is 1.10. The Bertz CT molecular complexity index is 1130. The number of esters is 2. The van der Waals surface area contributed by atoms with E-state index in [1.54, 1.807) is 5.57 Å². The first-order valence-electron chi connectivity index (χ1n) is 23.2.